The first-order chi connectivity index (χ1) is 8.58. The summed E-state index contributed by atoms with van der Waals surface area (Å²) >= 11 is 9.12. The molecule has 0 unspecified atom stereocenters. The molecule has 0 aliphatic rings. The number of carbonyl (C=O) groups excluding carboxylic acids is 1. The van der Waals surface area contributed by atoms with Crippen LogP contribution in [0.1, 0.15) is 5.56 Å². The standard InChI is InChI=1S/C13H12BrClO3/c1-17-8-11(13(16)18-2)12(14)7-9-3-5-10(15)6-4-9/h3-8H,1-2H3/b11-8-,12-7+. The van der Waals surface area contributed by atoms with Crippen molar-refractivity contribution in [1.82, 2.24) is 0 Å². The van der Waals surface area contributed by atoms with Gasteiger partial charge in [0.15, 0.2) is 0 Å². The summed E-state index contributed by atoms with van der Waals surface area (Å²) in [7, 11) is 2.78. The summed E-state index contributed by atoms with van der Waals surface area (Å²) in [6, 6.07) is 7.22. The summed E-state index contributed by atoms with van der Waals surface area (Å²) in [5, 5.41) is 0.656. The first-order valence-corrected chi connectivity index (χ1v) is 6.20. The van der Waals surface area contributed by atoms with E-state index in [1.807, 2.05) is 12.1 Å². The van der Waals surface area contributed by atoms with Crippen LogP contribution in [0.4, 0.5) is 0 Å². The third-order valence-corrected chi connectivity index (χ3v) is 2.97. The predicted octanol–water partition coefficient (Wildman–Crippen LogP) is 3.78. The highest BCUT2D eigenvalue weighted by Crippen LogP contribution is 2.22. The van der Waals surface area contributed by atoms with Gasteiger partial charge >= 0.3 is 5.97 Å². The van der Waals surface area contributed by atoms with Crippen molar-refractivity contribution in [1.29, 1.82) is 0 Å². The van der Waals surface area contributed by atoms with Gasteiger partial charge in [-0.3, -0.25) is 0 Å². The van der Waals surface area contributed by atoms with E-state index in [2.05, 4.69) is 20.7 Å². The lowest BCUT2D eigenvalue weighted by molar-refractivity contribution is -0.135. The molecule has 0 aliphatic carbocycles. The van der Waals surface area contributed by atoms with E-state index < -0.39 is 5.97 Å². The van der Waals surface area contributed by atoms with Crippen LogP contribution in [0.2, 0.25) is 5.02 Å². The zero-order valence-corrected chi connectivity index (χ0v) is 12.3. The van der Waals surface area contributed by atoms with E-state index in [0.717, 1.165) is 5.56 Å². The number of hydrogen-bond acceptors (Lipinski definition) is 3. The molecule has 1 aromatic carbocycles. The lowest BCUT2D eigenvalue weighted by Gasteiger charge is -2.04. The molecule has 0 N–H and O–H groups in total. The first kappa shape index (κ1) is 14.8. The molecule has 5 heteroatoms. The second-order valence-electron chi connectivity index (χ2n) is 3.30. The van der Waals surface area contributed by atoms with Crippen molar-refractivity contribution < 1.29 is 14.3 Å². The maximum atomic E-state index is 11.5. The van der Waals surface area contributed by atoms with Crippen LogP contribution >= 0.6 is 27.5 Å². The molecular weight excluding hydrogens is 319 g/mol. The Bertz CT molecular complexity index is 478. The van der Waals surface area contributed by atoms with Gasteiger partial charge in [-0.15, -0.1) is 0 Å². The Morgan fingerprint density at radius 2 is 1.89 bits per heavy atom. The van der Waals surface area contributed by atoms with Gasteiger partial charge in [-0.05, 0) is 39.7 Å². The SMILES string of the molecule is CO/C=C(C(=O)OC)/C(Br)=C\c1ccc(Cl)cc1. The van der Waals surface area contributed by atoms with E-state index >= 15 is 0 Å². The molecule has 0 fully saturated rings. The van der Waals surface area contributed by atoms with Crippen molar-refractivity contribution >= 4 is 39.6 Å². The zero-order chi connectivity index (χ0) is 13.5. The number of esters is 1. The highest BCUT2D eigenvalue weighted by Gasteiger charge is 2.13. The number of methoxy groups -OCH3 is 2. The van der Waals surface area contributed by atoms with Gasteiger partial charge in [0.25, 0.3) is 0 Å². The van der Waals surface area contributed by atoms with Crippen LogP contribution in [-0.4, -0.2) is 20.2 Å². The number of halogens is 2. The van der Waals surface area contributed by atoms with Gasteiger partial charge in [0, 0.05) is 9.51 Å². The lowest BCUT2D eigenvalue weighted by atomic mass is 10.1. The Hall–Kier alpha value is -1.26. The molecular formula is C13H12BrClO3. The highest BCUT2D eigenvalue weighted by molar-refractivity contribution is 9.12. The Labute approximate surface area is 119 Å². The quantitative estimate of drug-likeness (QED) is 0.364. The molecule has 96 valence electrons. The lowest BCUT2D eigenvalue weighted by Crippen LogP contribution is -2.05. The average molecular weight is 332 g/mol. The molecule has 0 saturated heterocycles. The van der Waals surface area contributed by atoms with Gasteiger partial charge in [0.2, 0.25) is 0 Å². The molecule has 0 bridgehead atoms. The fourth-order valence-electron chi connectivity index (χ4n) is 1.21. The maximum Gasteiger partial charge on any atom is 0.342 e. The summed E-state index contributed by atoms with van der Waals surface area (Å²) in [4.78, 5) is 11.5. The van der Waals surface area contributed by atoms with Crippen molar-refractivity contribution in [2.75, 3.05) is 14.2 Å². The van der Waals surface area contributed by atoms with E-state index in [1.54, 1.807) is 18.2 Å². The van der Waals surface area contributed by atoms with E-state index in [9.17, 15) is 4.79 Å². The minimum absolute atomic E-state index is 0.301. The number of hydrogen-bond donors (Lipinski definition) is 0. The molecule has 1 rings (SSSR count). The normalized spacial score (nSPS) is 12.2. The fraction of sp³-hybridized carbons (Fsp3) is 0.154. The Morgan fingerprint density at radius 3 is 2.39 bits per heavy atom. The summed E-state index contributed by atoms with van der Waals surface area (Å²) in [5.41, 5.74) is 1.20. The van der Waals surface area contributed by atoms with Crippen LogP contribution in [0.15, 0.2) is 40.6 Å². The molecule has 0 atom stereocenters. The van der Waals surface area contributed by atoms with Crippen molar-refractivity contribution in [3.63, 3.8) is 0 Å². The van der Waals surface area contributed by atoms with Crippen LogP contribution in [0, 0.1) is 0 Å². The molecule has 0 heterocycles. The Morgan fingerprint density at radius 1 is 1.28 bits per heavy atom. The largest absolute Gasteiger partial charge is 0.503 e. The number of benzene rings is 1. The summed E-state index contributed by atoms with van der Waals surface area (Å²) in [6.45, 7) is 0. The number of rotatable bonds is 4. The molecule has 1 aromatic rings. The van der Waals surface area contributed by atoms with Crippen molar-refractivity contribution in [3.8, 4) is 0 Å². The minimum Gasteiger partial charge on any atom is -0.503 e. The van der Waals surface area contributed by atoms with Gasteiger partial charge in [0.05, 0.1) is 20.5 Å². The summed E-state index contributed by atoms with van der Waals surface area (Å²) in [6.07, 6.45) is 3.10. The third kappa shape index (κ3) is 4.20. The summed E-state index contributed by atoms with van der Waals surface area (Å²) in [5.74, 6) is -0.478. The highest BCUT2D eigenvalue weighted by atomic mass is 79.9. The minimum atomic E-state index is -0.478. The van der Waals surface area contributed by atoms with Gasteiger partial charge in [-0.2, -0.15) is 0 Å². The molecule has 0 saturated carbocycles. The van der Waals surface area contributed by atoms with Crippen molar-refractivity contribution in [2.24, 2.45) is 0 Å². The molecule has 3 nitrogen and oxygen atoms in total. The van der Waals surface area contributed by atoms with Gasteiger partial charge in [0.1, 0.15) is 5.57 Å². The van der Waals surface area contributed by atoms with E-state index in [1.165, 1.54) is 20.5 Å². The van der Waals surface area contributed by atoms with Crippen LogP contribution in [0.5, 0.6) is 0 Å². The first-order valence-electron chi connectivity index (χ1n) is 5.03. The molecule has 0 spiro atoms. The van der Waals surface area contributed by atoms with Crippen LogP contribution in [0.25, 0.3) is 6.08 Å². The molecule has 0 radical (unpaired) electrons. The van der Waals surface area contributed by atoms with Gasteiger partial charge in [-0.25, -0.2) is 4.79 Å². The Kier molecular flexibility index (Phi) is 5.95. The number of ether oxygens (including phenoxy) is 2. The summed E-state index contributed by atoms with van der Waals surface area (Å²) < 4.78 is 10.1. The smallest absolute Gasteiger partial charge is 0.342 e. The van der Waals surface area contributed by atoms with Crippen LogP contribution < -0.4 is 0 Å². The topological polar surface area (TPSA) is 35.5 Å². The van der Waals surface area contributed by atoms with Crippen molar-refractivity contribution in [3.05, 3.63) is 51.2 Å². The van der Waals surface area contributed by atoms with Gasteiger partial charge < -0.3 is 9.47 Å². The zero-order valence-electron chi connectivity index (χ0n) is 9.94. The maximum absolute atomic E-state index is 11.5. The third-order valence-electron chi connectivity index (χ3n) is 2.06. The molecule has 0 amide bonds. The predicted molar refractivity (Wildman–Crippen MR) is 75.5 cm³/mol. The monoisotopic (exact) mass is 330 g/mol. The van der Waals surface area contributed by atoms with Gasteiger partial charge in [-0.1, -0.05) is 23.7 Å². The van der Waals surface area contributed by atoms with Crippen LogP contribution in [0.3, 0.4) is 0 Å². The Balaban J connectivity index is 3.02. The second-order valence-corrected chi connectivity index (χ2v) is 4.59. The van der Waals surface area contributed by atoms with E-state index in [0.29, 0.717) is 15.1 Å². The number of carbonyl (C=O) groups is 1. The molecule has 18 heavy (non-hydrogen) atoms. The molecule has 0 aliphatic heterocycles. The average Bonchev–Trinajstić information content (AvgIpc) is 2.37. The van der Waals surface area contributed by atoms with E-state index in [-0.39, 0.29) is 0 Å². The van der Waals surface area contributed by atoms with Crippen LogP contribution in [-0.2, 0) is 14.3 Å². The van der Waals surface area contributed by atoms with E-state index in [4.69, 9.17) is 16.3 Å². The molecule has 0 aromatic heterocycles. The van der Waals surface area contributed by atoms with Crippen molar-refractivity contribution in [2.45, 2.75) is 0 Å². The second kappa shape index (κ2) is 7.24. The fourth-order valence-corrected chi connectivity index (χ4v) is 1.86.